The zero-order chi connectivity index (χ0) is 21.8. The van der Waals surface area contributed by atoms with Gasteiger partial charge in [-0.15, -0.1) is 23.5 Å². The summed E-state index contributed by atoms with van der Waals surface area (Å²) >= 11 is 4.33. The summed E-state index contributed by atoms with van der Waals surface area (Å²) in [7, 11) is 0. The van der Waals surface area contributed by atoms with Crippen molar-refractivity contribution >= 4 is 41.6 Å². The summed E-state index contributed by atoms with van der Waals surface area (Å²) < 4.78 is 5.76. The number of hydrogen-bond acceptors (Lipinski definition) is 4. The van der Waals surface area contributed by atoms with Gasteiger partial charge < -0.3 is 4.74 Å². The molecule has 4 rings (SSSR count). The first-order chi connectivity index (χ1) is 15.0. The monoisotopic (exact) mass is 452 g/mol. The van der Waals surface area contributed by atoms with Crippen LogP contribution in [0.15, 0.2) is 42.5 Å². The van der Waals surface area contributed by atoms with Crippen LogP contribution in [0.3, 0.4) is 0 Å². The van der Waals surface area contributed by atoms with E-state index in [0.717, 1.165) is 5.56 Å². The first kappa shape index (κ1) is 22.5. The van der Waals surface area contributed by atoms with Gasteiger partial charge in [0.1, 0.15) is 0 Å². The predicted molar refractivity (Wildman–Crippen MR) is 136 cm³/mol. The Kier molecular flexibility index (Phi) is 7.18. The van der Waals surface area contributed by atoms with Gasteiger partial charge in [0.2, 0.25) is 0 Å². The van der Waals surface area contributed by atoms with Crippen LogP contribution in [0.2, 0.25) is 0 Å². The fourth-order valence-corrected chi connectivity index (χ4v) is 7.83. The van der Waals surface area contributed by atoms with E-state index in [1.807, 2.05) is 31.2 Å². The average Bonchev–Trinajstić information content (AvgIpc) is 2.79. The third-order valence-corrected chi connectivity index (χ3v) is 9.54. The van der Waals surface area contributed by atoms with E-state index >= 15 is 0 Å². The molecule has 1 atom stereocenters. The van der Waals surface area contributed by atoms with Crippen LogP contribution in [0.4, 0.5) is 0 Å². The van der Waals surface area contributed by atoms with Gasteiger partial charge >= 0.3 is 5.97 Å². The molecular weight excluding hydrogens is 420 g/mol. The molecule has 0 N–H and O–H groups in total. The minimum atomic E-state index is -0.264. The maximum atomic E-state index is 11.8. The molecule has 2 nitrogen and oxygen atoms in total. The zero-order valence-electron chi connectivity index (χ0n) is 18.7. The van der Waals surface area contributed by atoms with Gasteiger partial charge in [-0.05, 0) is 77.5 Å². The Morgan fingerprint density at radius 1 is 1.06 bits per heavy atom. The SMILES string of the molecule is CCOC(=O)c1ccc(C=Cc2ccc3c(c2)C(C2SCCCS2)CCC3(C)C)cc1. The molecule has 1 unspecified atom stereocenters. The number of rotatable bonds is 5. The highest BCUT2D eigenvalue weighted by molar-refractivity contribution is 8.17. The molecule has 1 aliphatic carbocycles. The zero-order valence-corrected chi connectivity index (χ0v) is 20.4. The second-order valence-electron chi connectivity index (χ2n) is 9.02. The molecule has 0 amide bonds. The minimum Gasteiger partial charge on any atom is -0.462 e. The third-order valence-electron chi connectivity index (χ3n) is 6.36. The Hall–Kier alpha value is -1.65. The lowest BCUT2D eigenvalue weighted by molar-refractivity contribution is 0.0526. The van der Waals surface area contributed by atoms with Gasteiger partial charge in [-0.3, -0.25) is 0 Å². The Morgan fingerprint density at radius 3 is 2.45 bits per heavy atom. The standard InChI is InChI=1S/C27H32O2S2/c1-4-29-25(28)21-11-8-19(9-12-21)6-7-20-10-13-24-23(18-20)22(14-15-27(24,2)3)26-30-16-5-17-31-26/h6-13,18,22,26H,4-5,14-17H2,1-3H3. The molecule has 0 spiro atoms. The van der Waals surface area contributed by atoms with Crippen molar-refractivity contribution in [1.82, 2.24) is 0 Å². The van der Waals surface area contributed by atoms with Gasteiger partial charge in [0.25, 0.3) is 0 Å². The molecule has 164 valence electrons. The highest BCUT2D eigenvalue weighted by atomic mass is 32.2. The van der Waals surface area contributed by atoms with E-state index in [1.54, 1.807) is 5.56 Å². The number of ether oxygens (including phenoxy) is 1. The van der Waals surface area contributed by atoms with Gasteiger partial charge in [0, 0.05) is 5.92 Å². The van der Waals surface area contributed by atoms with Gasteiger partial charge in [0.15, 0.2) is 0 Å². The number of carbonyl (C=O) groups excluding carboxylic acids is 1. The summed E-state index contributed by atoms with van der Waals surface area (Å²) in [4.78, 5) is 11.8. The molecule has 0 aromatic heterocycles. The molecule has 1 saturated heterocycles. The first-order valence-electron chi connectivity index (χ1n) is 11.3. The summed E-state index contributed by atoms with van der Waals surface area (Å²) in [6.45, 7) is 7.01. The average molecular weight is 453 g/mol. The molecule has 0 bridgehead atoms. The van der Waals surface area contributed by atoms with Crippen molar-refractivity contribution < 1.29 is 9.53 Å². The van der Waals surface area contributed by atoms with Crippen molar-refractivity contribution in [1.29, 1.82) is 0 Å². The normalized spacial score (nSPS) is 21.1. The Morgan fingerprint density at radius 2 is 1.74 bits per heavy atom. The van der Waals surface area contributed by atoms with Crippen molar-refractivity contribution in [2.24, 2.45) is 0 Å². The van der Waals surface area contributed by atoms with Crippen molar-refractivity contribution in [3.05, 3.63) is 70.3 Å². The lowest BCUT2D eigenvalue weighted by Gasteiger charge is -2.41. The molecule has 1 heterocycles. The lowest BCUT2D eigenvalue weighted by Crippen LogP contribution is -2.30. The summed E-state index contributed by atoms with van der Waals surface area (Å²) in [6.07, 6.45) is 8.22. The molecule has 31 heavy (non-hydrogen) atoms. The van der Waals surface area contributed by atoms with Gasteiger partial charge in [-0.25, -0.2) is 4.79 Å². The lowest BCUT2D eigenvalue weighted by atomic mass is 9.69. The topological polar surface area (TPSA) is 26.3 Å². The number of esters is 1. The smallest absolute Gasteiger partial charge is 0.338 e. The summed E-state index contributed by atoms with van der Waals surface area (Å²) in [5.41, 5.74) is 6.28. The van der Waals surface area contributed by atoms with E-state index in [-0.39, 0.29) is 11.4 Å². The summed E-state index contributed by atoms with van der Waals surface area (Å²) in [5.74, 6) is 2.98. The van der Waals surface area contributed by atoms with Crippen LogP contribution in [0.1, 0.15) is 78.6 Å². The largest absolute Gasteiger partial charge is 0.462 e. The Bertz CT molecular complexity index is 940. The van der Waals surface area contributed by atoms with Crippen LogP contribution in [0.5, 0.6) is 0 Å². The molecular formula is C27H32O2S2. The van der Waals surface area contributed by atoms with Gasteiger partial charge in [-0.2, -0.15) is 0 Å². The molecule has 1 aliphatic heterocycles. The van der Waals surface area contributed by atoms with Crippen molar-refractivity contribution in [2.75, 3.05) is 18.1 Å². The molecule has 0 saturated carbocycles. The number of benzene rings is 2. The van der Waals surface area contributed by atoms with E-state index in [0.29, 0.717) is 22.7 Å². The van der Waals surface area contributed by atoms with E-state index in [9.17, 15) is 4.79 Å². The van der Waals surface area contributed by atoms with E-state index in [2.05, 4.69) is 67.7 Å². The molecule has 2 aromatic carbocycles. The second kappa shape index (κ2) is 9.87. The number of hydrogen-bond donors (Lipinski definition) is 0. The van der Waals surface area contributed by atoms with Crippen LogP contribution in [0, 0.1) is 0 Å². The van der Waals surface area contributed by atoms with Crippen LogP contribution in [0.25, 0.3) is 12.2 Å². The van der Waals surface area contributed by atoms with E-state index in [4.69, 9.17) is 4.74 Å². The molecule has 2 aliphatic rings. The number of fused-ring (bicyclic) bond motifs is 1. The second-order valence-corrected chi connectivity index (χ2v) is 11.8. The van der Waals surface area contributed by atoms with Crippen LogP contribution >= 0.6 is 23.5 Å². The maximum Gasteiger partial charge on any atom is 0.338 e. The molecule has 1 fully saturated rings. The number of thioether (sulfide) groups is 2. The van der Waals surface area contributed by atoms with Crippen LogP contribution in [-0.2, 0) is 10.2 Å². The molecule has 2 aromatic rings. The quantitative estimate of drug-likeness (QED) is 0.349. The first-order valence-corrected chi connectivity index (χ1v) is 13.4. The Labute approximate surface area is 195 Å². The summed E-state index contributed by atoms with van der Waals surface area (Å²) in [6, 6.07) is 14.7. The molecule has 0 radical (unpaired) electrons. The van der Waals surface area contributed by atoms with Crippen LogP contribution < -0.4 is 0 Å². The summed E-state index contributed by atoms with van der Waals surface area (Å²) in [5, 5.41) is 0. The van der Waals surface area contributed by atoms with E-state index < -0.39 is 0 Å². The maximum absolute atomic E-state index is 11.8. The van der Waals surface area contributed by atoms with Gasteiger partial charge in [0.05, 0.1) is 16.8 Å². The fraction of sp³-hybridized carbons (Fsp3) is 0.444. The highest BCUT2D eigenvalue weighted by Crippen LogP contribution is 2.50. The number of carbonyl (C=O) groups is 1. The highest BCUT2D eigenvalue weighted by Gasteiger charge is 2.37. The van der Waals surface area contributed by atoms with E-state index in [1.165, 1.54) is 41.9 Å². The fourth-order valence-electron chi connectivity index (χ4n) is 4.57. The molecule has 4 heteroatoms. The predicted octanol–water partition coefficient (Wildman–Crippen LogP) is 7.38. The Balaban J connectivity index is 1.56. The van der Waals surface area contributed by atoms with Crippen molar-refractivity contribution in [3.8, 4) is 0 Å². The van der Waals surface area contributed by atoms with Crippen molar-refractivity contribution in [3.63, 3.8) is 0 Å². The van der Waals surface area contributed by atoms with Crippen LogP contribution in [-0.4, -0.2) is 28.7 Å². The van der Waals surface area contributed by atoms with Crippen molar-refractivity contribution in [2.45, 2.75) is 55.9 Å². The van der Waals surface area contributed by atoms with Gasteiger partial charge in [-0.1, -0.05) is 56.3 Å². The minimum absolute atomic E-state index is 0.251. The third kappa shape index (κ3) is 5.23.